The monoisotopic (exact) mass is 370 g/mol. The molecule has 1 saturated carbocycles. The summed E-state index contributed by atoms with van der Waals surface area (Å²) >= 11 is 0. The number of nitrogens with zero attached hydrogens (tertiary/aromatic N) is 2. The van der Waals surface area contributed by atoms with Crippen LogP contribution in [0.2, 0.25) is 0 Å². The third-order valence-electron chi connectivity index (χ3n) is 6.66. The normalized spacial score (nSPS) is 17.2. The van der Waals surface area contributed by atoms with Crippen LogP contribution in [0.1, 0.15) is 50.2 Å². The summed E-state index contributed by atoms with van der Waals surface area (Å²) in [4.78, 5) is 19.0. The summed E-state index contributed by atoms with van der Waals surface area (Å²) in [6.07, 6.45) is 6.85. The number of aromatic nitrogens is 2. The zero-order chi connectivity index (χ0) is 19.1. The highest BCUT2D eigenvalue weighted by atomic mass is 16.1. The van der Waals surface area contributed by atoms with E-state index in [1.807, 2.05) is 41.8 Å². The fourth-order valence-corrected chi connectivity index (χ4v) is 5.34. The van der Waals surface area contributed by atoms with Crippen molar-refractivity contribution in [1.82, 2.24) is 9.55 Å². The molecule has 0 N–H and O–H groups in total. The fourth-order valence-electron chi connectivity index (χ4n) is 5.34. The smallest absolute Gasteiger partial charge is 0.258 e. The molecule has 142 valence electrons. The lowest BCUT2D eigenvalue weighted by Crippen LogP contribution is -2.43. The molecule has 5 rings (SSSR count). The number of benzene rings is 2. The minimum absolute atomic E-state index is 0.0435. The molecule has 2 aromatic carbocycles. The largest absolute Gasteiger partial charge is 0.293 e. The van der Waals surface area contributed by atoms with Gasteiger partial charge in [-0.05, 0) is 31.7 Å². The van der Waals surface area contributed by atoms with Crippen molar-refractivity contribution >= 4 is 0 Å². The lowest BCUT2D eigenvalue weighted by atomic mass is 9.62. The Kier molecular flexibility index (Phi) is 4.19. The van der Waals surface area contributed by atoms with Crippen LogP contribution in [-0.2, 0) is 18.4 Å². The van der Waals surface area contributed by atoms with Gasteiger partial charge in [-0.15, -0.1) is 0 Å². The number of hydrogen-bond donors (Lipinski definition) is 0. The molecule has 3 heteroatoms. The van der Waals surface area contributed by atoms with Crippen molar-refractivity contribution in [2.45, 2.75) is 57.4 Å². The molecule has 0 radical (unpaired) electrons. The molecule has 0 saturated heterocycles. The first-order valence-electron chi connectivity index (χ1n) is 10.5. The SMILES string of the molecule is CCn1c(-c2ccccc2)nc2c(c1=O)C1(CCCCC1)Cc1ccccc1-2. The first kappa shape index (κ1) is 17.4. The van der Waals surface area contributed by atoms with Crippen LogP contribution in [0.3, 0.4) is 0 Å². The Bertz CT molecular complexity index is 1080. The Hall–Kier alpha value is -2.68. The van der Waals surface area contributed by atoms with Gasteiger partial charge in [-0.25, -0.2) is 4.98 Å². The van der Waals surface area contributed by atoms with Crippen molar-refractivity contribution in [3.63, 3.8) is 0 Å². The predicted molar refractivity (Wildman–Crippen MR) is 114 cm³/mol. The average Bonchev–Trinajstić information content (AvgIpc) is 2.74. The number of hydrogen-bond acceptors (Lipinski definition) is 2. The lowest BCUT2D eigenvalue weighted by Gasteiger charge is -2.42. The molecule has 2 aliphatic carbocycles. The van der Waals surface area contributed by atoms with Gasteiger partial charge in [0.1, 0.15) is 5.82 Å². The van der Waals surface area contributed by atoms with Crippen molar-refractivity contribution in [1.29, 1.82) is 0 Å². The van der Waals surface area contributed by atoms with Gasteiger partial charge in [-0.1, -0.05) is 73.9 Å². The second-order valence-electron chi connectivity index (χ2n) is 8.25. The molecule has 2 aliphatic rings. The van der Waals surface area contributed by atoms with Gasteiger partial charge in [-0.2, -0.15) is 0 Å². The Balaban J connectivity index is 1.85. The maximum absolute atomic E-state index is 13.8. The van der Waals surface area contributed by atoms with Gasteiger partial charge < -0.3 is 0 Å². The van der Waals surface area contributed by atoms with Gasteiger partial charge in [0.2, 0.25) is 0 Å². The highest BCUT2D eigenvalue weighted by Crippen LogP contribution is 2.48. The van der Waals surface area contributed by atoms with Crippen LogP contribution in [0, 0.1) is 0 Å². The van der Waals surface area contributed by atoms with Gasteiger partial charge in [-0.3, -0.25) is 9.36 Å². The maximum atomic E-state index is 13.8. The van der Waals surface area contributed by atoms with Crippen LogP contribution >= 0.6 is 0 Å². The van der Waals surface area contributed by atoms with E-state index in [-0.39, 0.29) is 11.0 Å². The summed E-state index contributed by atoms with van der Waals surface area (Å²) in [6.45, 7) is 2.69. The highest BCUT2D eigenvalue weighted by molar-refractivity contribution is 5.73. The van der Waals surface area contributed by atoms with Crippen molar-refractivity contribution in [3.05, 3.63) is 76.1 Å². The maximum Gasteiger partial charge on any atom is 0.258 e. The molecule has 1 spiro atoms. The molecule has 3 nitrogen and oxygen atoms in total. The quantitative estimate of drug-likeness (QED) is 0.609. The van der Waals surface area contributed by atoms with Gasteiger partial charge in [0.05, 0.1) is 11.3 Å². The average molecular weight is 370 g/mol. The van der Waals surface area contributed by atoms with E-state index in [4.69, 9.17) is 4.98 Å². The third-order valence-corrected chi connectivity index (χ3v) is 6.66. The van der Waals surface area contributed by atoms with Gasteiger partial charge >= 0.3 is 0 Å². The molecule has 0 atom stereocenters. The Morgan fingerprint density at radius 3 is 2.43 bits per heavy atom. The van der Waals surface area contributed by atoms with E-state index < -0.39 is 0 Å². The summed E-state index contributed by atoms with van der Waals surface area (Å²) in [6, 6.07) is 18.7. The number of fused-ring (bicyclic) bond motifs is 4. The minimum atomic E-state index is -0.0435. The predicted octanol–water partition coefficient (Wildman–Crippen LogP) is 5.36. The molecule has 3 aromatic rings. The van der Waals surface area contributed by atoms with Gasteiger partial charge in [0.15, 0.2) is 0 Å². The standard InChI is InChI=1S/C25H26N2O/c1-2-27-23(18-11-5-3-6-12-18)26-22-20-14-8-7-13-19(20)17-25(21(22)24(27)28)15-9-4-10-16-25/h3,5-8,11-14H,2,4,9-10,15-17H2,1H3. The van der Waals surface area contributed by atoms with Crippen molar-refractivity contribution < 1.29 is 0 Å². The van der Waals surface area contributed by atoms with Crippen LogP contribution in [0.15, 0.2) is 59.4 Å². The Morgan fingerprint density at radius 1 is 0.964 bits per heavy atom. The molecular formula is C25H26N2O. The van der Waals surface area contributed by atoms with E-state index in [0.717, 1.165) is 47.5 Å². The zero-order valence-electron chi connectivity index (χ0n) is 16.4. The van der Waals surface area contributed by atoms with Crippen LogP contribution in [0.25, 0.3) is 22.6 Å². The Morgan fingerprint density at radius 2 is 1.68 bits per heavy atom. The summed E-state index contributed by atoms with van der Waals surface area (Å²) < 4.78 is 1.89. The number of rotatable bonds is 2. The molecular weight excluding hydrogens is 344 g/mol. The molecule has 0 unspecified atom stereocenters. The highest BCUT2D eigenvalue weighted by Gasteiger charge is 2.43. The van der Waals surface area contributed by atoms with Crippen molar-refractivity contribution in [2.24, 2.45) is 0 Å². The second-order valence-corrected chi connectivity index (χ2v) is 8.25. The van der Waals surface area contributed by atoms with Crippen LogP contribution in [0.5, 0.6) is 0 Å². The summed E-state index contributed by atoms with van der Waals surface area (Å²) in [5.74, 6) is 0.787. The molecule has 28 heavy (non-hydrogen) atoms. The fraction of sp³-hybridized carbons (Fsp3) is 0.360. The molecule has 1 heterocycles. The Labute approximate surface area is 166 Å². The third kappa shape index (κ3) is 2.56. The topological polar surface area (TPSA) is 34.9 Å². The van der Waals surface area contributed by atoms with E-state index in [1.165, 1.54) is 24.8 Å². The van der Waals surface area contributed by atoms with E-state index in [1.54, 1.807) is 0 Å². The van der Waals surface area contributed by atoms with E-state index >= 15 is 0 Å². The molecule has 1 fully saturated rings. The molecule has 1 aromatic heterocycles. The van der Waals surface area contributed by atoms with E-state index in [2.05, 4.69) is 24.3 Å². The van der Waals surface area contributed by atoms with Crippen molar-refractivity contribution in [3.8, 4) is 22.6 Å². The summed E-state index contributed by atoms with van der Waals surface area (Å²) in [5, 5.41) is 0. The first-order valence-corrected chi connectivity index (χ1v) is 10.5. The second kappa shape index (κ2) is 6.73. The molecule has 0 bridgehead atoms. The minimum Gasteiger partial charge on any atom is -0.293 e. The van der Waals surface area contributed by atoms with Gasteiger partial charge in [0.25, 0.3) is 5.56 Å². The zero-order valence-corrected chi connectivity index (χ0v) is 16.4. The van der Waals surface area contributed by atoms with Crippen LogP contribution in [0.4, 0.5) is 0 Å². The lowest BCUT2D eigenvalue weighted by molar-refractivity contribution is 0.283. The van der Waals surface area contributed by atoms with E-state index in [9.17, 15) is 4.79 Å². The first-order chi connectivity index (χ1) is 13.7. The van der Waals surface area contributed by atoms with Crippen molar-refractivity contribution in [2.75, 3.05) is 0 Å². The van der Waals surface area contributed by atoms with Gasteiger partial charge in [0, 0.05) is 23.1 Å². The van der Waals surface area contributed by atoms with Crippen LogP contribution in [-0.4, -0.2) is 9.55 Å². The summed E-state index contributed by atoms with van der Waals surface area (Å²) in [5.41, 5.74) is 5.53. The summed E-state index contributed by atoms with van der Waals surface area (Å²) in [7, 11) is 0. The molecule has 0 aliphatic heterocycles. The molecule has 0 amide bonds. The van der Waals surface area contributed by atoms with Crippen LogP contribution < -0.4 is 5.56 Å². The van der Waals surface area contributed by atoms with E-state index in [0.29, 0.717) is 6.54 Å².